The predicted molar refractivity (Wildman–Crippen MR) is 79.6 cm³/mol. The third-order valence-electron chi connectivity index (χ3n) is 4.34. The maximum absolute atomic E-state index is 4.05. The molecule has 0 heterocycles. The Balaban J connectivity index is 1.99. The van der Waals surface area contributed by atoms with Gasteiger partial charge in [-0.2, -0.15) is 0 Å². The van der Waals surface area contributed by atoms with Crippen molar-refractivity contribution < 1.29 is 0 Å². The van der Waals surface area contributed by atoms with E-state index in [1.807, 2.05) is 0 Å². The molecule has 1 aliphatic carbocycles. The SMILES string of the molecule is C=CC[C@H]1CC[C@H](C(C=C)c2ccccc2)CC1. The van der Waals surface area contributed by atoms with Crippen LogP contribution in [-0.4, -0.2) is 0 Å². The molecule has 0 aromatic heterocycles. The van der Waals surface area contributed by atoms with E-state index in [1.165, 1.54) is 37.7 Å². The Morgan fingerprint density at radius 3 is 2.28 bits per heavy atom. The fourth-order valence-corrected chi connectivity index (χ4v) is 3.29. The normalized spacial score (nSPS) is 25.3. The summed E-state index contributed by atoms with van der Waals surface area (Å²) in [6.45, 7) is 7.91. The van der Waals surface area contributed by atoms with E-state index in [0.717, 1.165) is 11.8 Å². The fraction of sp³-hybridized carbons (Fsp3) is 0.444. The molecule has 1 aromatic carbocycles. The lowest BCUT2D eigenvalue weighted by Gasteiger charge is -2.32. The van der Waals surface area contributed by atoms with Gasteiger partial charge in [0.1, 0.15) is 0 Å². The van der Waals surface area contributed by atoms with Crippen LogP contribution in [0.4, 0.5) is 0 Å². The summed E-state index contributed by atoms with van der Waals surface area (Å²) >= 11 is 0. The summed E-state index contributed by atoms with van der Waals surface area (Å²) < 4.78 is 0. The van der Waals surface area contributed by atoms with Gasteiger partial charge in [-0.1, -0.05) is 42.5 Å². The predicted octanol–water partition coefficient (Wildman–Crippen LogP) is 5.34. The van der Waals surface area contributed by atoms with E-state index in [0.29, 0.717) is 5.92 Å². The summed E-state index contributed by atoms with van der Waals surface area (Å²) in [5, 5.41) is 0. The summed E-state index contributed by atoms with van der Waals surface area (Å²) in [6.07, 6.45) is 10.8. The van der Waals surface area contributed by atoms with Gasteiger partial charge < -0.3 is 0 Å². The van der Waals surface area contributed by atoms with Gasteiger partial charge in [-0.3, -0.25) is 0 Å². The van der Waals surface area contributed by atoms with Crippen LogP contribution in [0.1, 0.15) is 43.6 Å². The fourth-order valence-electron chi connectivity index (χ4n) is 3.29. The van der Waals surface area contributed by atoms with Crippen LogP contribution in [0.3, 0.4) is 0 Å². The molecule has 2 rings (SSSR count). The molecular weight excluding hydrogens is 216 g/mol. The summed E-state index contributed by atoms with van der Waals surface area (Å²) in [4.78, 5) is 0. The average Bonchev–Trinajstić information content (AvgIpc) is 2.43. The maximum atomic E-state index is 4.05. The number of hydrogen-bond acceptors (Lipinski definition) is 0. The molecule has 0 N–H and O–H groups in total. The lowest BCUT2D eigenvalue weighted by Crippen LogP contribution is -2.19. The summed E-state index contributed by atoms with van der Waals surface area (Å²) in [6, 6.07) is 10.8. The van der Waals surface area contributed by atoms with Crippen LogP contribution in [0.15, 0.2) is 55.6 Å². The molecule has 0 amide bonds. The van der Waals surface area contributed by atoms with Crippen LogP contribution < -0.4 is 0 Å². The molecule has 96 valence electrons. The largest absolute Gasteiger partial charge is 0.103 e. The molecule has 18 heavy (non-hydrogen) atoms. The molecule has 0 heteroatoms. The molecule has 1 saturated carbocycles. The van der Waals surface area contributed by atoms with Crippen molar-refractivity contribution in [2.45, 2.75) is 38.0 Å². The first kappa shape index (κ1) is 13.1. The standard InChI is InChI=1S/C18H24/c1-3-8-15-11-13-17(14-12-15)18(4-2)16-9-6-5-7-10-16/h3-7,9-10,15,17-18H,1-2,8,11-14H2/t15-,17-,18?. The minimum Gasteiger partial charge on any atom is -0.103 e. The highest BCUT2D eigenvalue weighted by molar-refractivity contribution is 5.24. The van der Waals surface area contributed by atoms with Gasteiger partial charge in [-0.05, 0) is 49.5 Å². The van der Waals surface area contributed by atoms with Gasteiger partial charge in [0.05, 0.1) is 0 Å². The van der Waals surface area contributed by atoms with Gasteiger partial charge in [0.25, 0.3) is 0 Å². The zero-order valence-electron chi connectivity index (χ0n) is 11.2. The quantitative estimate of drug-likeness (QED) is 0.609. The molecule has 1 aliphatic rings. The molecule has 0 radical (unpaired) electrons. The Bertz CT molecular complexity index is 368. The average molecular weight is 240 g/mol. The molecule has 0 aliphatic heterocycles. The van der Waals surface area contributed by atoms with Crippen molar-refractivity contribution in [1.29, 1.82) is 0 Å². The molecule has 1 aromatic rings. The summed E-state index contributed by atoms with van der Waals surface area (Å²) in [5.74, 6) is 2.20. The molecular formula is C18H24. The van der Waals surface area contributed by atoms with Gasteiger partial charge in [0.15, 0.2) is 0 Å². The first-order valence-electron chi connectivity index (χ1n) is 7.13. The third kappa shape index (κ3) is 3.13. The van der Waals surface area contributed by atoms with Crippen molar-refractivity contribution >= 4 is 0 Å². The highest BCUT2D eigenvalue weighted by atomic mass is 14.3. The lowest BCUT2D eigenvalue weighted by atomic mass is 9.73. The van der Waals surface area contributed by atoms with E-state index in [9.17, 15) is 0 Å². The van der Waals surface area contributed by atoms with Gasteiger partial charge in [-0.25, -0.2) is 0 Å². The topological polar surface area (TPSA) is 0 Å². The number of rotatable bonds is 5. The van der Waals surface area contributed by atoms with E-state index in [2.05, 4.69) is 55.6 Å². The van der Waals surface area contributed by atoms with E-state index in [1.54, 1.807) is 0 Å². The van der Waals surface area contributed by atoms with Crippen LogP contribution >= 0.6 is 0 Å². The Morgan fingerprint density at radius 2 is 1.72 bits per heavy atom. The molecule has 1 unspecified atom stereocenters. The van der Waals surface area contributed by atoms with Crippen molar-refractivity contribution in [3.05, 3.63) is 61.2 Å². The number of hydrogen-bond donors (Lipinski definition) is 0. The van der Waals surface area contributed by atoms with Crippen LogP contribution in [0.25, 0.3) is 0 Å². The van der Waals surface area contributed by atoms with E-state index >= 15 is 0 Å². The van der Waals surface area contributed by atoms with Crippen molar-refractivity contribution in [3.63, 3.8) is 0 Å². The second-order valence-electron chi connectivity index (χ2n) is 5.48. The number of allylic oxidation sites excluding steroid dienone is 2. The van der Waals surface area contributed by atoms with Crippen LogP contribution in [-0.2, 0) is 0 Å². The van der Waals surface area contributed by atoms with Crippen molar-refractivity contribution in [1.82, 2.24) is 0 Å². The van der Waals surface area contributed by atoms with Crippen molar-refractivity contribution in [2.24, 2.45) is 11.8 Å². The monoisotopic (exact) mass is 240 g/mol. The van der Waals surface area contributed by atoms with Crippen LogP contribution in [0, 0.1) is 11.8 Å². The smallest absolute Gasteiger partial charge is 0.00435 e. The van der Waals surface area contributed by atoms with Crippen molar-refractivity contribution in [3.8, 4) is 0 Å². The second-order valence-corrected chi connectivity index (χ2v) is 5.48. The highest BCUT2D eigenvalue weighted by Crippen LogP contribution is 2.39. The minimum absolute atomic E-state index is 0.538. The summed E-state index contributed by atoms with van der Waals surface area (Å²) in [7, 11) is 0. The molecule has 1 atom stereocenters. The minimum atomic E-state index is 0.538. The molecule has 0 saturated heterocycles. The molecule has 1 fully saturated rings. The molecule has 0 nitrogen and oxygen atoms in total. The zero-order chi connectivity index (χ0) is 12.8. The zero-order valence-corrected chi connectivity index (χ0v) is 11.2. The van der Waals surface area contributed by atoms with Crippen LogP contribution in [0.5, 0.6) is 0 Å². The Kier molecular flexibility index (Phi) is 4.81. The summed E-state index contributed by atoms with van der Waals surface area (Å²) in [5.41, 5.74) is 1.43. The second kappa shape index (κ2) is 6.58. The Morgan fingerprint density at radius 1 is 1.06 bits per heavy atom. The van der Waals surface area contributed by atoms with Gasteiger partial charge >= 0.3 is 0 Å². The third-order valence-corrected chi connectivity index (χ3v) is 4.34. The first-order chi connectivity index (χ1) is 8.85. The lowest BCUT2D eigenvalue weighted by molar-refractivity contribution is 0.260. The first-order valence-corrected chi connectivity index (χ1v) is 7.13. The van der Waals surface area contributed by atoms with Gasteiger partial charge in [0.2, 0.25) is 0 Å². The molecule has 0 bridgehead atoms. The van der Waals surface area contributed by atoms with Crippen LogP contribution in [0.2, 0.25) is 0 Å². The maximum Gasteiger partial charge on any atom is 0.00435 e. The Labute approximate surface area is 111 Å². The van der Waals surface area contributed by atoms with E-state index in [-0.39, 0.29) is 0 Å². The number of benzene rings is 1. The van der Waals surface area contributed by atoms with Gasteiger partial charge in [0, 0.05) is 5.92 Å². The molecule has 0 spiro atoms. The van der Waals surface area contributed by atoms with Crippen molar-refractivity contribution in [2.75, 3.05) is 0 Å². The van der Waals surface area contributed by atoms with Gasteiger partial charge in [-0.15, -0.1) is 13.2 Å². The van der Waals surface area contributed by atoms with E-state index < -0.39 is 0 Å². The Hall–Kier alpha value is -1.30. The highest BCUT2D eigenvalue weighted by Gasteiger charge is 2.26. The van der Waals surface area contributed by atoms with E-state index in [4.69, 9.17) is 0 Å².